The number of carbonyl (C=O) groups is 1. The van der Waals surface area contributed by atoms with Crippen LogP contribution in [0.3, 0.4) is 0 Å². The van der Waals surface area contributed by atoms with Gasteiger partial charge in [-0.25, -0.2) is 4.79 Å². The lowest BCUT2D eigenvalue weighted by molar-refractivity contribution is 0.0128. The van der Waals surface area contributed by atoms with Crippen LogP contribution in [-0.2, 0) is 16.1 Å². The highest BCUT2D eigenvalue weighted by molar-refractivity contribution is 5.68. The Hall–Kier alpha value is -2.24. The number of rotatable bonds is 6. The van der Waals surface area contributed by atoms with E-state index in [9.17, 15) is 4.79 Å². The van der Waals surface area contributed by atoms with Crippen LogP contribution in [0, 0.1) is 0 Å². The molecule has 0 heterocycles. The summed E-state index contributed by atoms with van der Waals surface area (Å²) in [4.78, 5) is 14.5. The Balaban J connectivity index is 2.58. The number of nitrogens with one attached hydrogen (secondary N) is 1. The van der Waals surface area contributed by atoms with E-state index in [4.69, 9.17) is 15.0 Å². The van der Waals surface area contributed by atoms with Gasteiger partial charge in [-0.15, -0.1) is 0 Å². The van der Waals surface area contributed by atoms with E-state index in [1.54, 1.807) is 27.7 Å². The number of alkyl carbamates (subject to hydrolysis) is 1. The van der Waals surface area contributed by atoms with E-state index in [0.717, 1.165) is 5.56 Å². The van der Waals surface area contributed by atoms with Gasteiger partial charge in [0.25, 0.3) is 0 Å². The first-order valence-corrected chi connectivity index (χ1v) is 7.01. The van der Waals surface area contributed by atoms with Crippen LogP contribution in [0.25, 0.3) is 10.4 Å². The molecule has 0 aliphatic rings. The van der Waals surface area contributed by atoms with E-state index in [2.05, 4.69) is 15.3 Å². The second-order valence-electron chi connectivity index (χ2n) is 5.83. The Morgan fingerprint density at radius 1 is 1.36 bits per heavy atom. The second-order valence-corrected chi connectivity index (χ2v) is 5.83. The molecule has 1 N–H and O–H groups in total. The minimum absolute atomic E-state index is 0.283. The fourth-order valence-electron chi connectivity index (χ4n) is 1.65. The summed E-state index contributed by atoms with van der Waals surface area (Å²) in [6.45, 7) is 7.29. The lowest BCUT2D eigenvalue weighted by atomic mass is 10.2. The summed E-state index contributed by atoms with van der Waals surface area (Å²) >= 11 is 0. The van der Waals surface area contributed by atoms with E-state index in [1.165, 1.54) is 0 Å². The van der Waals surface area contributed by atoms with Crippen molar-refractivity contribution in [1.29, 1.82) is 0 Å². The number of carbonyl (C=O) groups excluding carboxylic acids is 1. The summed E-state index contributed by atoms with van der Waals surface area (Å²) in [5, 5.41) is 6.18. The van der Waals surface area contributed by atoms with Gasteiger partial charge >= 0.3 is 6.09 Å². The fourth-order valence-corrected chi connectivity index (χ4v) is 1.65. The lowest BCUT2D eigenvalue weighted by Crippen LogP contribution is -2.43. The molecule has 0 aliphatic heterocycles. The molecule has 0 bridgehead atoms. The minimum Gasteiger partial charge on any atom is -0.444 e. The highest BCUT2D eigenvalue weighted by Gasteiger charge is 2.22. The summed E-state index contributed by atoms with van der Waals surface area (Å²) in [7, 11) is 0. The van der Waals surface area contributed by atoms with Gasteiger partial charge in [-0.05, 0) is 38.8 Å². The molecule has 0 fully saturated rings. The van der Waals surface area contributed by atoms with Gasteiger partial charge in [0.15, 0.2) is 6.23 Å². The molecule has 0 spiro atoms. The quantitative estimate of drug-likeness (QED) is 0.492. The van der Waals surface area contributed by atoms with Gasteiger partial charge in [0.1, 0.15) is 5.60 Å². The molecule has 0 aliphatic carbocycles. The van der Waals surface area contributed by atoms with Crippen molar-refractivity contribution < 1.29 is 14.3 Å². The Labute approximate surface area is 130 Å². The van der Waals surface area contributed by atoms with Crippen LogP contribution < -0.4 is 5.32 Å². The average Bonchev–Trinajstić information content (AvgIpc) is 2.42. The fraction of sp³-hybridized carbons (Fsp3) is 0.533. The van der Waals surface area contributed by atoms with Crippen molar-refractivity contribution in [2.75, 3.05) is 0 Å². The zero-order valence-corrected chi connectivity index (χ0v) is 13.3. The van der Waals surface area contributed by atoms with Crippen LogP contribution in [0.1, 0.15) is 33.3 Å². The third kappa shape index (κ3) is 6.97. The molecule has 1 aromatic carbocycles. The molecule has 22 heavy (non-hydrogen) atoms. The normalized spacial score (nSPS) is 13.6. The van der Waals surface area contributed by atoms with E-state index < -0.39 is 24.0 Å². The first-order chi connectivity index (χ1) is 10.3. The van der Waals surface area contributed by atoms with Gasteiger partial charge < -0.3 is 14.8 Å². The molecule has 7 nitrogen and oxygen atoms in total. The van der Waals surface area contributed by atoms with E-state index in [1.807, 2.05) is 30.3 Å². The van der Waals surface area contributed by atoms with Crippen molar-refractivity contribution in [2.24, 2.45) is 5.11 Å². The highest BCUT2D eigenvalue weighted by atomic mass is 16.6. The Kier molecular flexibility index (Phi) is 6.69. The number of amides is 1. The van der Waals surface area contributed by atoms with Gasteiger partial charge in [-0.1, -0.05) is 35.4 Å². The summed E-state index contributed by atoms with van der Waals surface area (Å²) in [5.74, 6) is 0. The smallest absolute Gasteiger partial charge is 0.407 e. The van der Waals surface area contributed by atoms with Crippen molar-refractivity contribution in [2.45, 2.75) is 52.2 Å². The molecule has 0 radical (unpaired) electrons. The number of hydrogen-bond donors (Lipinski definition) is 1. The van der Waals surface area contributed by atoms with Crippen molar-refractivity contribution in [3.8, 4) is 0 Å². The molecule has 1 amide bonds. The summed E-state index contributed by atoms with van der Waals surface area (Å²) in [6.07, 6.45) is -1.40. The van der Waals surface area contributed by atoms with Gasteiger partial charge in [0.05, 0.1) is 12.6 Å². The Bertz CT molecular complexity index is 521. The molecular weight excluding hydrogens is 284 g/mol. The monoisotopic (exact) mass is 306 g/mol. The molecular formula is C15H22N4O3. The van der Waals surface area contributed by atoms with Crippen LogP contribution in [0.4, 0.5) is 4.79 Å². The molecule has 120 valence electrons. The number of benzene rings is 1. The van der Waals surface area contributed by atoms with Gasteiger partial charge in [-0.3, -0.25) is 0 Å². The van der Waals surface area contributed by atoms with Gasteiger partial charge in [0.2, 0.25) is 0 Å². The first-order valence-electron chi connectivity index (χ1n) is 7.01. The van der Waals surface area contributed by atoms with Crippen molar-refractivity contribution in [3.63, 3.8) is 0 Å². The maximum absolute atomic E-state index is 11.7. The van der Waals surface area contributed by atoms with E-state index in [0.29, 0.717) is 0 Å². The minimum atomic E-state index is -0.822. The average molecular weight is 306 g/mol. The third-order valence-electron chi connectivity index (χ3n) is 2.60. The summed E-state index contributed by atoms with van der Waals surface area (Å²) in [6, 6.07) is 8.97. The molecule has 0 saturated carbocycles. The molecule has 1 rings (SSSR count). The number of azide groups is 1. The SMILES string of the molecule is CC(NC(=O)OC(C)(C)C)C(N=[N+]=[N-])OCc1ccccc1. The lowest BCUT2D eigenvalue weighted by Gasteiger charge is -2.24. The Morgan fingerprint density at radius 2 is 2.00 bits per heavy atom. The van der Waals surface area contributed by atoms with Crippen molar-refractivity contribution in [1.82, 2.24) is 5.32 Å². The molecule has 2 atom stereocenters. The largest absolute Gasteiger partial charge is 0.444 e. The molecule has 7 heteroatoms. The number of ether oxygens (including phenoxy) is 2. The predicted octanol–water partition coefficient (Wildman–Crippen LogP) is 3.75. The van der Waals surface area contributed by atoms with Crippen LogP contribution in [0.5, 0.6) is 0 Å². The van der Waals surface area contributed by atoms with Crippen LogP contribution >= 0.6 is 0 Å². The van der Waals surface area contributed by atoms with Crippen molar-refractivity contribution in [3.05, 3.63) is 46.3 Å². The summed E-state index contributed by atoms with van der Waals surface area (Å²) in [5.41, 5.74) is 8.99. The molecule has 0 aromatic heterocycles. The zero-order valence-electron chi connectivity index (χ0n) is 13.3. The molecule has 0 saturated heterocycles. The highest BCUT2D eigenvalue weighted by Crippen LogP contribution is 2.10. The number of hydrogen-bond acceptors (Lipinski definition) is 4. The van der Waals surface area contributed by atoms with Crippen LogP contribution in [-0.4, -0.2) is 24.0 Å². The zero-order chi connectivity index (χ0) is 16.6. The first kappa shape index (κ1) is 17.8. The van der Waals surface area contributed by atoms with E-state index in [-0.39, 0.29) is 6.61 Å². The molecule has 2 unspecified atom stereocenters. The topological polar surface area (TPSA) is 96.3 Å². The van der Waals surface area contributed by atoms with Crippen LogP contribution in [0.15, 0.2) is 35.4 Å². The number of nitrogens with zero attached hydrogens (tertiary/aromatic N) is 3. The van der Waals surface area contributed by atoms with Gasteiger partial charge in [-0.2, -0.15) is 0 Å². The third-order valence-corrected chi connectivity index (χ3v) is 2.60. The second kappa shape index (κ2) is 8.26. The Morgan fingerprint density at radius 3 is 2.55 bits per heavy atom. The van der Waals surface area contributed by atoms with Gasteiger partial charge in [0, 0.05) is 4.91 Å². The van der Waals surface area contributed by atoms with Crippen molar-refractivity contribution >= 4 is 6.09 Å². The predicted molar refractivity (Wildman–Crippen MR) is 83.0 cm³/mol. The standard InChI is InChI=1S/C15H22N4O3/c1-11(17-14(20)22-15(2,3)4)13(18-19-16)21-10-12-8-6-5-7-9-12/h5-9,11,13H,10H2,1-4H3,(H,17,20). The summed E-state index contributed by atoms with van der Waals surface area (Å²) < 4.78 is 10.7. The maximum Gasteiger partial charge on any atom is 0.407 e. The van der Waals surface area contributed by atoms with Crippen LogP contribution in [0.2, 0.25) is 0 Å². The van der Waals surface area contributed by atoms with E-state index >= 15 is 0 Å². The maximum atomic E-state index is 11.7. The molecule has 1 aromatic rings.